The molecule has 2 unspecified atom stereocenters. The largest absolute Gasteiger partial charge is 0.391 e. The van der Waals surface area contributed by atoms with E-state index in [2.05, 4.69) is 23.3 Å². The van der Waals surface area contributed by atoms with E-state index in [4.69, 9.17) is 0 Å². The molecule has 0 aliphatic heterocycles. The minimum Gasteiger partial charge on any atom is -0.391 e. The highest BCUT2D eigenvalue weighted by molar-refractivity contribution is 5.90. The molecule has 3 N–H and O–H groups in total. The summed E-state index contributed by atoms with van der Waals surface area (Å²) < 4.78 is 0. The number of aliphatic hydroxyl groups is 1. The first-order chi connectivity index (χ1) is 10.6. The quantitative estimate of drug-likeness (QED) is 0.736. The third-order valence-corrected chi connectivity index (χ3v) is 4.43. The molecule has 0 saturated carbocycles. The molecule has 0 aliphatic carbocycles. The maximum Gasteiger partial charge on any atom is 0.224 e. The van der Waals surface area contributed by atoms with Crippen LogP contribution in [0.25, 0.3) is 10.9 Å². The number of H-pyrrole nitrogens is 1. The van der Waals surface area contributed by atoms with E-state index in [-0.39, 0.29) is 11.8 Å². The van der Waals surface area contributed by atoms with Gasteiger partial charge in [-0.2, -0.15) is 0 Å². The van der Waals surface area contributed by atoms with Crippen molar-refractivity contribution in [3.05, 3.63) is 35.5 Å². The van der Waals surface area contributed by atoms with Crippen molar-refractivity contribution in [1.29, 1.82) is 0 Å². The second-order valence-electron chi connectivity index (χ2n) is 5.94. The monoisotopic (exact) mass is 302 g/mol. The van der Waals surface area contributed by atoms with Gasteiger partial charge in [-0.3, -0.25) is 4.79 Å². The van der Waals surface area contributed by atoms with Crippen LogP contribution in [0.2, 0.25) is 0 Å². The molecule has 2 atom stereocenters. The molecule has 0 spiro atoms. The van der Waals surface area contributed by atoms with Crippen LogP contribution < -0.4 is 5.32 Å². The smallest absolute Gasteiger partial charge is 0.224 e. The first-order valence-corrected chi connectivity index (χ1v) is 8.09. The number of amides is 1. The maximum absolute atomic E-state index is 12.1. The molecule has 0 fully saturated rings. The number of aromatic nitrogens is 1. The van der Waals surface area contributed by atoms with Gasteiger partial charge in [0.25, 0.3) is 0 Å². The van der Waals surface area contributed by atoms with E-state index in [1.807, 2.05) is 32.2 Å². The summed E-state index contributed by atoms with van der Waals surface area (Å²) in [5.74, 6) is 0.144. The third-order valence-electron chi connectivity index (χ3n) is 4.43. The van der Waals surface area contributed by atoms with Crippen LogP contribution in [-0.4, -0.2) is 28.6 Å². The highest BCUT2D eigenvalue weighted by Gasteiger charge is 2.15. The summed E-state index contributed by atoms with van der Waals surface area (Å²) in [7, 11) is 0. The Bertz CT molecular complexity index is 633. The number of hydrogen-bond donors (Lipinski definition) is 3. The summed E-state index contributed by atoms with van der Waals surface area (Å²) in [6, 6.07) is 6.18. The number of hydrogen-bond acceptors (Lipinski definition) is 2. The van der Waals surface area contributed by atoms with Crippen molar-refractivity contribution in [3.63, 3.8) is 0 Å². The number of para-hydroxylation sites is 1. The van der Waals surface area contributed by atoms with Gasteiger partial charge in [-0.15, -0.1) is 0 Å². The summed E-state index contributed by atoms with van der Waals surface area (Å²) in [4.78, 5) is 15.4. The number of aryl methyl sites for hydroxylation is 1. The summed E-state index contributed by atoms with van der Waals surface area (Å²) in [5, 5.41) is 13.8. The third kappa shape index (κ3) is 3.69. The lowest BCUT2D eigenvalue weighted by Gasteiger charge is -2.17. The van der Waals surface area contributed by atoms with E-state index in [1.54, 1.807) is 0 Å². The zero-order chi connectivity index (χ0) is 16.1. The number of aliphatic hydroxyl groups excluding tert-OH is 1. The zero-order valence-electron chi connectivity index (χ0n) is 13.6. The minimum absolute atomic E-state index is 0.0508. The maximum atomic E-state index is 12.1. The van der Waals surface area contributed by atoms with Crippen LogP contribution in [0.3, 0.4) is 0 Å². The molecule has 0 saturated heterocycles. The summed E-state index contributed by atoms with van der Waals surface area (Å²) in [6.45, 7) is 6.46. The minimum atomic E-state index is -0.483. The van der Waals surface area contributed by atoms with Gasteiger partial charge in [0.2, 0.25) is 5.91 Å². The number of nitrogens with one attached hydrogen (secondary N) is 2. The van der Waals surface area contributed by atoms with Gasteiger partial charge in [-0.25, -0.2) is 0 Å². The summed E-state index contributed by atoms with van der Waals surface area (Å²) >= 11 is 0. The van der Waals surface area contributed by atoms with Crippen LogP contribution in [0.5, 0.6) is 0 Å². The Balaban J connectivity index is 2.00. The molecule has 1 amide bonds. The molecule has 1 aromatic heterocycles. The Morgan fingerprint density at radius 3 is 2.77 bits per heavy atom. The Kier molecular flexibility index (Phi) is 5.61. The summed E-state index contributed by atoms with van der Waals surface area (Å²) in [6.07, 6.45) is 3.63. The van der Waals surface area contributed by atoms with Crippen LogP contribution in [0.4, 0.5) is 0 Å². The first-order valence-electron chi connectivity index (χ1n) is 8.09. The molecule has 1 aromatic carbocycles. The number of benzene rings is 1. The number of rotatable bonds is 7. The number of carbonyl (C=O) groups is 1. The van der Waals surface area contributed by atoms with Crippen LogP contribution in [0.1, 0.15) is 38.3 Å². The first kappa shape index (κ1) is 16.6. The van der Waals surface area contributed by atoms with Crippen LogP contribution in [-0.2, 0) is 17.6 Å². The van der Waals surface area contributed by atoms with Gasteiger partial charge in [-0.05, 0) is 23.5 Å². The van der Waals surface area contributed by atoms with Gasteiger partial charge in [0.05, 0.1) is 12.5 Å². The lowest BCUT2D eigenvalue weighted by Crippen LogP contribution is -2.36. The second-order valence-corrected chi connectivity index (χ2v) is 5.94. The zero-order valence-corrected chi connectivity index (χ0v) is 13.6. The van der Waals surface area contributed by atoms with Crippen LogP contribution in [0.15, 0.2) is 24.4 Å². The molecule has 0 radical (unpaired) electrons. The lowest BCUT2D eigenvalue weighted by molar-refractivity contribution is -0.121. The Morgan fingerprint density at radius 1 is 1.32 bits per heavy atom. The molecular formula is C18H26N2O2. The standard InChI is InChI=1S/C18H26N2O2/c1-4-12(3)16(21)11-19-17(22)9-14-10-20-18-13(5-2)7-6-8-15(14)18/h6-8,10,12,16,20-21H,4-5,9,11H2,1-3H3,(H,19,22). The summed E-state index contributed by atoms with van der Waals surface area (Å²) in [5.41, 5.74) is 3.38. The molecule has 0 aliphatic rings. The molecule has 4 heteroatoms. The highest BCUT2D eigenvalue weighted by atomic mass is 16.3. The van der Waals surface area contributed by atoms with E-state index in [9.17, 15) is 9.90 Å². The van der Waals surface area contributed by atoms with Gasteiger partial charge in [0.15, 0.2) is 0 Å². The number of carbonyl (C=O) groups excluding carboxylic acids is 1. The number of fused-ring (bicyclic) bond motifs is 1. The van der Waals surface area contributed by atoms with Crippen molar-refractivity contribution in [3.8, 4) is 0 Å². The van der Waals surface area contributed by atoms with Gasteiger partial charge in [0, 0.05) is 23.6 Å². The fraction of sp³-hybridized carbons (Fsp3) is 0.500. The van der Waals surface area contributed by atoms with E-state index in [0.717, 1.165) is 29.3 Å². The molecule has 1 heterocycles. The fourth-order valence-corrected chi connectivity index (χ4v) is 2.64. The van der Waals surface area contributed by atoms with Crippen molar-refractivity contribution in [2.24, 2.45) is 5.92 Å². The molecule has 2 rings (SSSR count). The molecule has 22 heavy (non-hydrogen) atoms. The van der Waals surface area contributed by atoms with Crippen LogP contribution in [0, 0.1) is 5.92 Å². The Hall–Kier alpha value is -1.81. The highest BCUT2D eigenvalue weighted by Crippen LogP contribution is 2.22. The second kappa shape index (κ2) is 7.45. The lowest BCUT2D eigenvalue weighted by atomic mass is 10.0. The van der Waals surface area contributed by atoms with E-state index < -0.39 is 6.10 Å². The molecule has 4 nitrogen and oxygen atoms in total. The van der Waals surface area contributed by atoms with Crippen molar-refractivity contribution < 1.29 is 9.90 Å². The topological polar surface area (TPSA) is 65.1 Å². The van der Waals surface area contributed by atoms with E-state index in [0.29, 0.717) is 13.0 Å². The van der Waals surface area contributed by atoms with E-state index in [1.165, 1.54) is 5.56 Å². The average Bonchev–Trinajstić information content (AvgIpc) is 2.94. The van der Waals surface area contributed by atoms with Crippen molar-refractivity contribution in [2.75, 3.05) is 6.54 Å². The van der Waals surface area contributed by atoms with Crippen LogP contribution >= 0.6 is 0 Å². The van der Waals surface area contributed by atoms with Crippen molar-refractivity contribution in [1.82, 2.24) is 10.3 Å². The fourth-order valence-electron chi connectivity index (χ4n) is 2.64. The van der Waals surface area contributed by atoms with Gasteiger partial charge in [-0.1, -0.05) is 45.4 Å². The molecular weight excluding hydrogens is 276 g/mol. The van der Waals surface area contributed by atoms with Crippen molar-refractivity contribution in [2.45, 2.75) is 46.1 Å². The predicted octanol–water partition coefficient (Wildman–Crippen LogP) is 2.80. The van der Waals surface area contributed by atoms with Gasteiger partial charge < -0.3 is 15.4 Å². The predicted molar refractivity (Wildman–Crippen MR) is 89.9 cm³/mol. The van der Waals surface area contributed by atoms with E-state index >= 15 is 0 Å². The van der Waals surface area contributed by atoms with Gasteiger partial charge >= 0.3 is 0 Å². The van der Waals surface area contributed by atoms with Gasteiger partial charge in [0.1, 0.15) is 0 Å². The average molecular weight is 302 g/mol. The Morgan fingerprint density at radius 2 is 2.09 bits per heavy atom. The van der Waals surface area contributed by atoms with Crippen molar-refractivity contribution >= 4 is 16.8 Å². The molecule has 2 aromatic rings. The molecule has 120 valence electrons. The normalized spacial score (nSPS) is 14.0. The molecule has 0 bridgehead atoms. The SMILES string of the molecule is CCc1cccc2c(CC(=O)NCC(O)C(C)CC)c[nH]c12. The Labute approximate surface area is 131 Å². The number of aromatic amines is 1.